The summed E-state index contributed by atoms with van der Waals surface area (Å²) in [5.74, 6) is -1.75. The van der Waals surface area contributed by atoms with Crippen molar-refractivity contribution in [2.24, 2.45) is 0 Å². The van der Waals surface area contributed by atoms with Gasteiger partial charge in [-0.25, -0.2) is 4.79 Å². The predicted octanol–water partition coefficient (Wildman–Crippen LogP) is 2.29. The van der Waals surface area contributed by atoms with Crippen LogP contribution in [0, 0.1) is 10.1 Å². The number of hydrogen-bond donors (Lipinski definition) is 2. The van der Waals surface area contributed by atoms with Gasteiger partial charge in [-0.1, -0.05) is 6.07 Å². The number of methoxy groups -OCH3 is 1. The van der Waals surface area contributed by atoms with Gasteiger partial charge in [0.15, 0.2) is 12.4 Å². The van der Waals surface area contributed by atoms with Crippen LogP contribution in [0.4, 0.5) is 11.4 Å². The van der Waals surface area contributed by atoms with E-state index >= 15 is 0 Å². The molecule has 10 nitrogen and oxygen atoms in total. The lowest BCUT2D eigenvalue weighted by atomic mass is 10.2. The van der Waals surface area contributed by atoms with Gasteiger partial charge in [0.2, 0.25) is 0 Å². The van der Waals surface area contributed by atoms with E-state index in [0.29, 0.717) is 11.3 Å². The number of nitrogens with one attached hydrogen (secondary N) is 2. The van der Waals surface area contributed by atoms with Crippen molar-refractivity contribution in [1.29, 1.82) is 0 Å². The Morgan fingerprint density at radius 2 is 1.90 bits per heavy atom. The zero-order chi connectivity index (χ0) is 21.7. The average molecular weight is 413 g/mol. The van der Waals surface area contributed by atoms with E-state index in [9.17, 15) is 24.5 Å². The van der Waals surface area contributed by atoms with Gasteiger partial charge >= 0.3 is 11.7 Å². The Bertz CT molecular complexity index is 1000. The van der Waals surface area contributed by atoms with E-state index in [4.69, 9.17) is 4.74 Å². The van der Waals surface area contributed by atoms with Crippen LogP contribution in [0.25, 0.3) is 0 Å². The van der Waals surface area contributed by atoms with E-state index in [1.165, 1.54) is 19.2 Å². The van der Waals surface area contributed by atoms with Crippen LogP contribution in [-0.4, -0.2) is 42.5 Å². The van der Waals surface area contributed by atoms with Crippen LogP contribution >= 0.6 is 0 Å². The maximum atomic E-state index is 12.2. The number of esters is 1. The number of benzene rings is 2. The molecule has 2 aromatic rings. The van der Waals surface area contributed by atoms with Crippen molar-refractivity contribution < 1.29 is 28.8 Å². The van der Waals surface area contributed by atoms with Crippen LogP contribution in [0.5, 0.6) is 5.75 Å². The number of carbonyl (C=O) groups is 3. The summed E-state index contributed by atoms with van der Waals surface area (Å²) in [5, 5.41) is 16.6. The third-order valence-corrected chi connectivity index (χ3v) is 4.26. The first-order chi connectivity index (χ1) is 14.4. The van der Waals surface area contributed by atoms with Gasteiger partial charge < -0.3 is 20.1 Å². The highest BCUT2D eigenvalue weighted by molar-refractivity contribution is 5.97. The summed E-state index contributed by atoms with van der Waals surface area (Å²) >= 11 is 0. The molecule has 30 heavy (non-hydrogen) atoms. The lowest BCUT2D eigenvalue weighted by Gasteiger charge is -2.10. The molecule has 2 N–H and O–H groups in total. The standard InChI is InChI=1S/C20H19N3O7/c1-29-20(26)13-5-8-16(23(27)28)17(10-13)30-11-18(24)21-15-4-2-3-12(9-15)19(25)22-14-6-7-14/h2-5,8-10,14H,6-7,11H2,1H3,(H,21,24)(H,22,25). The summed E-state index contributed by atoms with van der Waals surface area (Å²) in [4.78, 5) is 46.4. The number of nitro groups is 1. The van der Waals surface area contributed by atoms with Gasteiger partial charge in [-0.3, -0.25) is 19.7 Å². The molecular weight excluding hydrogens is 394 g/mol. The molecule has 2 aromatic carbocycles. The van der Waals surface area contributed by atoms with Crippen molar-refractivity contribution in [3.63, 3.8) is 0 Å². The van der Waals surface area contributed by atoms with Gasteiger partial charge in [-0.05, 0) is 37.1 Å². The molecule has 1 aliphatic rings. The summed E-state index contributed by atoms with van der Waals surface area (Å²) < 4.78 is 9.84. The second-order valence-corrected chi connectivity index (χ2v) is 6.60. The Kier molecular flexibility index (Phi) is 6.26. The molecule has 0 aromatic heterocycles. The molecule has 0 atom stereocenters. The molecule has 0 saturated heterocycles. The Morgan fingerprint density at radius 3 is 2.57 bits per heavy atom. The lowest BCUT2D eigenvalue weighted by Crippen LogP contribution is -2.25. The van der Waals surface area contributed by atoms with Crippen molar-refractivity contribution in [3.8, 4) is 5.75 Å². The second-order valence-electron chi connectivity index (χ2n) is 6.60. The summed E-state index contributed by atoms with van der Waals surface area (Å²) in [7, 11) is 1.18. The van der Waals surface area contributed by atoms with Crippen LogP contribution in [0.15, 0.2) is 42.5 Å². The fourth-order valence-corrected chi connectivity index (χ4v) is 2.60. The minimum Gasteiger partial charge on any atom is -0.477 e. The van der Waals surface area contributed by atoms with Gasteiger partial charge in [0.1, 0.15) is 0 Å². The van der Waals surface area contributed by atoms with E-state index in [1.807, 2.05) is 0 Å². The number of nitrogens with zero attached hydrogens (tertiary/aromatic N) is 1. The van der Waals surface area contributed by atoms with Gasteiger partial charge in [-0.2, -0.15) is 0 Å². The highest BCUT2D eigenvalue weighted by Crippen LogP contribution is 2.28. The minimum atomic E-state index is -0.694. The molecule has 0 unspecified atom stereocenters. The van der Waals surface area contributed by atoms with E-state index < -0.39 is 29.1 Å². The number of anilines is 1. The Labute approximate surface area is 171 Å². The number of rotatable bonds is 8. The Hall–Kier alpha value is -3.95. The molecule has 0 aliphatic heterocycles. The van der Waals surface area contributed by atoms with Gasteiger partial charge in [0.05, 0.1) is 17.6 Å². The molecule has 0 radical (unpaired) electrons. The van der Waals surface area contributed by atoms with Crippen molar-refractivity contribution in [1.82, 2.24) is 5.32 Å². The molecule has 0 heterocycles. The normalized spacial score (nSPS) is 12.6. The van der Waals surface area contributed by atoms with E-state index in [-0.39, 0.29) is 23.3 Å². The fraction of sp³-hybridized carbons (Fsp3) is 0.250. The summed E-state index contributed by atoms with van der Waals surface area (Å²) in [6.45, 7) is -0.538. The first kappa shape index (κ1) is 20.8. The first-order valence-electron chi connectivity index (χ1n) is 9.07. The molecule has 3 rings (SSSR count). The van der Waals surface area contributed by atoms with Crippen molar-refractivity contribution in [2.45, 2.75) is 18.9 Å². The predicted molar refractivity (Wildman–Crippen MR) is 105 cm³/mol. The monoisotopic (exact) mass is 413 g/mol. The van der Waals surface area contributed by atoms with Gasteiger partial charge in [0.25, 0.3) is 11.8 Å². The molecule has 10 heteroatoms. The molecular formula is C20H19N3O7. The summed E-state index contributed by atoms with van der Waals surface area (Å²) in [6.07, 6.45) is 1.92. The van der Waals surface area contributed by atoms with Crippen LogP contribution < -0.4 is 15.4 Å². The number of nitro benzene ring substituents is 1. The molecule has 2 amide bonds. The summed E-state index contributed by atoms with van der Waals surface area (Å²) in [6, 6.07) is 10.1. The Morgan fingerprint density at radius 1 is 1.13 bits per heavy atom. The number of hydrogen-bond acceptors (Lipinski definition) is 7. The smallest absolute Gasteiger partial charge is 0.337 e. The molecule has 0 spiro atoms. The molecule has 156 valence electrons. The molecule has 1 aliphatic carbocycles. The lowest BCUT2D eigenvalue weighted by molar-refractivity contribution is -0.385. The van der Waals surface area contributed by atoms with Crippen LogP contribution in [0.2, 0.25) is 0 Å². The number of ether oxygens (including phenoxy) is 2. The quantitative estimate of drug-likeness (QED) is 0.385. The summed E-state index contributed by atoms with van der Waals surface area (Å²) in [5.41, 5.74) is 0.439. The van der Waals surface area contributed by atoms with E-state index in [0.717, 1.165) is 25.0 Å². The van der Waals surface area contributed by atoms with E-state index in [1.54, 1.807) is 18.2 Å². The third kappa shape index (κ3) is 5.31. The van der Waals surface area contributed by atoms with Crippen LogP contribution in [0.1, 0.15) is 33.6 Å². The second kappa shape index (κ2) is 9.03. The topological polar surface area (TPSA) is 137 Å². The van der Waals surface area contributed by atoms with E-state index in [2.05, 4.69) is 15.4 Å². The SMILES string of the molecule is COC(=O)c1ccc([N+](=O)[O-])c(OCC(=O)Nc2cccc(C(=O)NC3CC3)c2)c1. The first-order valence-corrected chi connectivity index (χ1v) is 9.07. The van der Waals surface area contributed by atoms with Crippen molar-refractivity contribution >= 4 is 29.2 Å². The zero-order valence-corrected chi connectivity index (χ0v) is 16.0. The minimum absolute atomic E-state index is 0.0490. The zero-order valence-electron chi connectivity index (χ0n) is 16.0. The van der Waals surface area contributed by atoms with Crippen molar-refractivity contribution in [2.75, 3.05) is 19.0 Å². The highest BCUT2D eigenvalue weighted by atomic mass is 16.6. The van der Waals surface area contributed by atoms with Gasteiger partial charge in [-0.15, -0.1) is 0 Å². The maximum absolute atomic E-state index is 12.2. The third-order valence-electron chi connectivity index (χ3n) is 4.26. The fourth-order valence-electron chi connectivity index (χ4n) is 2.60. The molecule has 1 saturated carbocycles. The largest absolute Gasteiger partial charge is 0.477 e. The molecule has 1 fully saturated rings. The molecule has 0 bridgehead atoms. The van der Waals surface area contributed by atoms with Crippen LogP contribution in [-0.2, 0) is 9.53 Å². The van der Waals surface area contributed by atoms with Gasteiger partial charge in [0, 0.05) is 29.4 Å². The maximum Gasteiger partial charge on any atom is 0.337 e. The van der Waals surface area contributed by atoms with Crippen LogP contribution in [0.3, 0.4) is 0 Å². The Balaban J connectivity index is 1.65. The highest BCUT2D eigenvalue weighted by Gasteiger charge is 2.24. The number of carbonyl (C=O) groups excluding carboxylic acids is 3. The average Bonchev–Trinajstić information content (AvgIpc) is 3.55. The van der Waals surface area contributed by atoms with Crippen molar-refractivity contribution in [3.05, 3.63) is 63.7 Å². The number of amides is 2.